The molecule has 0 aliphatic heterocycles. The molecular formula is C11H14N4. The zero-order valence-electron chi connectivity index (χ0n) is 8.59. The lowest BCUT2D eigenvalue weighted by atomic mass is 10.2. The fourth-order valence-corrected chi connectivity index (χ4v) is 0.951. The first kappa shape index (κ1) is 11.0. The van der Waals surface area contributed by atoms with Crippen LogP contribution in [0, 0.1) is 0 Å². The molecule has 0 heterocycles. The van der Waals surface area contributed by atoms with E-state index in [-0.39, 0.29) is 5.96 Å². The molecule has 4 heteroatoms. The van der Waals surface area contributed by atoms with Crippen LogP contribution in [0.5, 0.6) is 0 Å². The van der Waals surface area contributed by atoms with Gasteiger partial charge >= 0.3 is 0 Å². The largest absolute Gasteiger partial charge is 0.369 e. The van der Waals surface area contributed by atoms with Crippen LogP contribution in [0.15, 0.2) is 46.6 Å². The lowest BCUT2D eigenvalue weighted by Gasteiger charge is -1.91. The molecule has 0 saturated carbocycles. The maximum atomic E-state index is 5.14. The van der Waals surface area contributed by atoms with Crippen molar-refractivity contribution in [1.82, 2.24) is 0 Å². The standard InChI is InChI=1S/C11H14N4/c1-9(14-15-11(12)13)7-8-10-5-3-2-4-6-10/h2-8H,1H3,(H4,12,13,15)/b8-7+,14-9+. The highest BCUT2D eigenvalue weighted by molar-refractivity contribution is 5.96. The average molecular weight is 202 g/mol. The molecule has 1 aromatic carbocycles. The highest BCUT2D eigenvalue weighted by atomic mass is 15.3. The van der Waals surface area contributed by atoms with Crippen molar-refractivity contribution in [3.8, 4) is 0 Å². The van der Waals surface area contributed by atoms with Crippen molar-refractivity contribution >= 4 is 17.7 Å². The van der Waals surface area contributed by atoms with Gasteiger partial charge in [0.25, 0.3) is 0 Å². The highest BCUT2D eigenvalue weighted by Gasteiger charge is 1.85. The monoisotopic (exact) mass is 202 g/mol. The summed E-state index contributed by atoms with van der Waals surface area (Å²) < 4.78 is 0. The molecule has 0 unspecified atom stereocenters. The van der Waals surface area contributed by atoms with Gasteiger partial charge in [-0.1, -0.05) is 36.4 Å². The van der Waals surface area contributed by atoms with Crippen LogP contribution >= 0.6 is 0 Å². The molecule has 0 aliphatic rings. The first-order valence-corrected chi connectivity index (χ1v) is 4.55. The first-order valence-electron chi connectivity index (χ1n) is 4.55. The second-order valence-electron chi connectivity index (χ2n) is 3.01. The van der Waals surface area contributed by atoms with E-state index in [4.69, 9.17) is 11.5 Å². The average Bonchev–Trinajstić information content (AvgIpc) is 2.25. The maximum absolute atomic E-state index is 5.14. The summed E-state index contributed by atoms with van der Waals surface area (Å²) in [4.78, 5) is 0. The smallest absolute Gasteiger partial charge is 0.211 e. The van der Waals surface area contributed by atoms with Gasteiger partial charge in [0.2, 0.25) is 5.96 Å². The van der Waals surface area contributed by atoms with Gasteiger partial charge in [0, 0.05) is 0 Å². The van der Waals surface area contributed by atoms with E-state index in [1.807, 2.05) is 49.4 Å². The van der Waals surface area contributed by atoms with Gasteiger partial charge in [-0.3, -0.25) is 0 Å². The summed E-state index contributed by atoms with van der Waals surface area (Å²) >= 11 is 0. The first-order chi connectivity index (χ1) is 7.18. The molecule has 0 bridgehead atoms. The molecule has 4 N–H and O–H groups in total. The predicted octanol–water partition coefficient (Wildman–Crippen LogP) is 1.35. The summed E-state index contributed by atoms with van der Waals surface area (Å²) in [5, 5.41) is 7.35. The third-order valence-electron chi connectivity index (χ3n) is 1.64. The lowest BCUT2D eigenvalue weighted by Crippen LogP contribution is -2.21. The summed E-state index contributed by atoms with van der Waals surface area (Å²) in [5.74, 6) is -0.0394. The summed E-state index contributed by atoms with van der Waals surface area (Å²) in [6.07, 6.45) is 3.79. The van der Waals surface area contributed by atoms with E-state index in [0.29, 0.717) is 0 Å². The fourth-order valence-electron chi connectivity index (χ4n) is 0.951. The number of rotatable bonds is 3. The van der Waals surface area contributed by atoms with Gasteiger partial charge in [-0.05, 0) is 18.6 Å². The van der Waals surface area contributed by atoms with Crippen molar-refractivity contribution in [3.63, 3.8) is 0 Å². The number of nitrogens with zero attached hydrogens (tertiary/aromatic N) is 2. The molecule has 0 spiro atoms. The number of hydrogen-bond acceptors (Lipinski definition) is 2. The van der Waals surface area contributed by atoms with Gasteiger partial charge < -0.3 is 11.5 Å². The van der Waals surface area contributed by atoms with Crippen LogP contribution in [-0.4, -0.2) is 11.7 Å². The Labute approximate surface area is 89.0 Å². The Kier molecular flexibility index (Phi) is 4.09. The Morgan fingerprint density at radius 3 is 2.40 bits per heavy atom. The molecule has 0 amide bonds. The zero-order valence-corrected chi connectivity index (χ0v) is 8.59. The van der Waals surface area contributed by atoms with E-state index in [1.54, 1.807) is 0 Å². The van der Waals surface area contributed by atoms with E-state index >= 15 is 0 Å². The molecular weight excluding hydrogens is 188 g/mol. The lowest BCUT2D eigenvalue weighted by molar-refractivity contribution is 1.20. The topological polar surface area (TPSA) is 76.8 Å². The van der Waals surface area contributed by atoms with Gasteiger partial charge in [0.15, 0.2) is 0 Å². The molecule has 0 aromatic heterocycles. The number of benzene rings is 1. The van der Waals surface area contributed by atoms with Crippen molar-refractivity contribution in [2.75, 3.05) is 0 Å². The van der Waals surface area contributed by atoms with Crippen molar-refractivity contribution in [1.29, 1.82) is 0 Å². The minimum atomic E-state index is -0.0394. The van der Waals surface area contributed by atoms with Crippen LogP contribution < -0.4 is 11.5 Å². The van der Waals surface area contributed by atoms with E-state index in [9.17, 15) is 0 Å². The Balaban J connectivity index is 2.66. The van der Waals surface area contributed by atoms with Crippen molar-refractivity contribution in [3.05, 3.63) is 42.0 Å². The van der Waals surface area contributed by atoms with Crippen LogP contribution in [0.3, 0.4) is 0 Å². The summed E-state index contributed by atoms with van der Waals surface area (Å²) in [7, 11) is 0. The SMILES string of the molecule is CC(/C=C/c1ccccc1)=N\N=C(N)N. The second-order valence-corrected chi connectivity index (χ2v) is 3.01. The molecule has 1 rings (SSSR count). The summed E-state index contributed by atoms with van der Waals surface area (Å²) in [5.41, 5.74) is 12.1. The Morgan fingerprint density at radius 1 is 1.13 bits per heavy atom. The number of guanidine groups is 1. The molecule has 1 aromatic rings. The van der Waals surface area contributed by atoms with Crippen LogP contribution in [0.1, 0.15) is 12.5 Å². The van der Waals surface area contributed by atoms with Gasteiger partial charge in [-0.25, -0.2) is 0 Å². The quantitative estimate of drug-likeness (QED) is 0.441. The van der Waals surface area contributed by atoms with Gasteiger partial charge in [0.1, 0.15) is 0 Å². The highest BCUT2D eigenvalue weighted by Crippen LogP contribution is 2.01. The Bertz CT molecular complexity index is 386. The minimum absolute atomic E-state index is 0.0394. The maximum Gasteiger partial charge on any atom is 0.211 e. The van der Waals surface area contributed by atoms with E-state index in [2.05, 4.69) is 10.2 Å². The third kappa shape index (κ3) is 4.61. The van der Waals surface area contributed by atoms with Crippen molar-refractivity contribution in [2.24, 2.45) is 21.7 Å². The number of allylic oxidation sites excluding steroid dienone is 1. The molecule has 0 aliphatic carbocycles. The predicted molar refractivity (Wildman–Crippen MR) is 64.4 cm³/mol. The number of hydrogen-bond donors (Lipinski definition) is 2. The van der Waals surface area contributed by atoms with E-state index in [0.717, 1.165) is 11.3 Å². The molecule has 0 fully saturated rings. The van der Waals surface area contributed by atoms with Crippen LogP contribution in [0.2, 0.25) is 0 Å². The third-order valence-corrected chi connectivity index (χ3v) is 1.64. The van der Waals surface area contributed by atoms with E-state index in [1.165, 1.54) is 0 Å². The summed E-state index contributed by atoms with van der Waals surface area (Å²) in [6, 6.07) is 9.93. The molecule has 0 atom stereocenters. The normalized spacial score (nSPS) is 11.7. The van der Waals surface area contributed by atoms with Gasteiger partial charge in [-0.2, -0.15) is 5.10 Å². The summed E-state index contributed by atoms with van der Waals surface area (Å²) in [6.45, 7) is 1.83. The number of nitrogens with two attached hydrogens (primary N) is 2. The Morgan fingerprint density at radius 2 is 1.80 bits per heavy atom. The molecule has 4 nitrogen and oxygen atoms in total. The molecule has 78 valence electrons. The Hall–Kier alpha value is -2.10. The minimum Gasteiger partial charge on any atom is -0.369 e. The fraction of sp³-hybridized carbons (Fsp3) is 0.0909. The van der Waals surface area contributed by atoms with Crippen molar-refractivity contribution in [2.45, 2.75) is 6.92 Å². The second kappa shape index (κ2) is 5.59. The molecule has 0 radical (unpaired) electrons. The van der Waals surface area contributed by atoms with Crippen LogP contribution in [0.4, 0.5) is 0 Å². The van der Waals surface area contributed by atoms with Crippen LogP contribution in [-0.2, 0) is 0 Å². The van der Waals surface area contributed by atoms with Gasteiger partial charge in [0.05, 0.1) is 5.71 Å². The molecule has 15 heavy (non-hydrogen) atoms. The van der Waals surface area contributed by atoms with Crippen LogP contribution in [0.25, 0.3) is 6.08 Å². The van der Waals surface area contributed by atoms with Crippen molar-refractivity contribution < 1.29 is 0 Å². The van der Waals surface area contributed by atoms with E-state index < -0.39 is 0 Å². The molecule has 0 saturated heterocycles. The van der Waals surface area contributed by atoms with Gasteiger partial charge in [-0.15, -0.1) is 5.10 Å². The zero-order chi connectivity index (χ0) is 11.1.